The van der Waals surface area contributed by atoms with Crippen LogP contribution in [0.3, 0.4) is 0 Å². The van der Waals surface area contributed by atoms with Gasteiger partial charge in [-0.05, 0) is 85.5 Å². The topological polar surface area (TPSA) is 143 Å². The third-order valence-corrected chi connectivity index (χ3v) is 7.47. The lowest BCUT2D eigenvalue weighted by Gasteiger charge is -2.30. The molecule has 50 heavy (non-hydrogen) atoms. The van der Waals surface area contributed by atoms with E-state index >= 15 is 0 Å². The Hall–Kier alpha value is -4.68. The zero-order valence-electron chi connectivity index (χ0n) is 26.6. The molecule has 0 saturated heterocycles. The molecular formula is C32H28BBrF6N4O6. The maximum Gasteiger partial charge on any atom is 0.488 e. The summed E-state index contributed by atoms with van der Waals surface area (Å²) in [6.07, 6.45) is -8.77. The molecule has 0 aliphatic carbocycles. The number of nitrogens with zero attached hydrogens (tertiary/aromatic N) is 2. The van der Waals surface area contributed by atoms with Crippen LogP contribution in [0.5, 0.6) is 11.8 Å². The first-order chi connectivity index (χ1) is 23.1. The van der Waals surface area contributed by atoms with E-state index in [1.807, 2.05) is 0 Å². The second kappa shape index (κ2) is 14.3. The Bertz CT molecular complexity index is 1870. The number of halogens is 7. The molecule has 264 valence electrons. The summed E-state index contributed by atoms with van der Waals surface area (Å²) in [5.41, 5.74) is -1.38. The molecule has 2 aromatic heterocycles. The van der Waals surface area contributed by atoms with E-state index < -0.39 is 41.8 Å². The van der Waals surface area contributed by atoms with E-state index in [0.29, 0.717) is 33.1 Å². The molecule has 0 unspecified atom stereocenters. The number of amides is 2. The molecule has 6 rings (SSSR count). The van der Waals surface area contributed by atoms with Crippen molar-refractivity contribution >= 4 is 51.7 Å². The fourth-order valence-corrected chi connectivity index (χ4v) is 4.45. The number of benzene rings is 2. The Labute approximate surface area is 290 Å². The van der Waals surface area contributed by atoms with E-state index in [2.05, 4.69) is 36.5 Å². The molecule has 0 radical (unpaired) electrons. The van der Waals surface area contributed by atoms with Gasteiger partial charge >= 0.3 is 19.5 Å². The number of hydrogen-bond acceptors (Lipinski definition) is 8. The van der Waals surface area contributed by atoms with Gasteiger partial charge in [0.15, 0.2) is 11.2 Å². The lowest BCUT2D eigenvalue weighted by Crippen LogP contribution is -2.46. The number of anilines is 2. The minimum absolute atomic E-state index is 0.0352. The summed E-state index contributed by atoms with van der Waals surface area (Å²) in [6.45, 7) is 6.62. The number of rotatable bonds is 2. The smallest absolute Gasteiger partial charge is 0.460 e. The van der Waals surface area contributed by atoms with Crippen molar-refractivity contribution < 1.29 is 55.5 Å². The van der Waals surface area contributed by atoms with Gasteiger partial charge in [0, 0.05) is 5.56 Å². The van der Waals surface area contributed by atoms with Gasteiger partial charge in [-0.2, -0.15) is 26.3 Å². The van der Waals surface area contributed by atoms with E-state index in [4.69, 9.17) is 19.5 Å². The minimum Gasteiger partial charge on any atom is -0.460 e. The van der Waals surface area contributed by atoms with Gasteiger partial charge in [0.25, 0.3) is 11.8 Å². The Morgan fingerprint density at radius 3 is 1.52 bits per heavy atom. The lowest BCUT2D eigenvalue weighted by atomic mass is 9.80. The molecule has 2 aromatic carbocycles. The first-order valence-corrected chi connectivity index (χ1v) is 15.3. The van der Waals surface area contributed by atoms with Gasteiger partial charge < -0.3 is 30.2 Å². The molecular weight excluding hydrogens is 741 g/mol. The van der Waals surface area contributed by atoms with Gasteiger partial charge in [-0.25, -0.2) is 9.97 Å². The van der Waals surface area contributed by atoms with Crippen LogP contribution in [-0.4, -0.2) is 50.2 Å². The third-order valence-electron chi connectivity index (χ3n) is 7.02. The molecule has 4 aromatic rings. The van der Waals surface area contributed by atoms with Gasteiger partial charge in [-0.1, -0.05) is 36.4 Å². The second-order valence-electron chi connectivity index (χ2n) is 11.7. The van der Waals surface area contributed by atoms with Crippen molar-refractivity contribution in [3.63, 3.8) is 0 Å². The van der Waals surface area contributed by atoms with E-state index in [1.165, 1.54) is 12.1 Å². The molecule has 10 nitrogen and oxygen atoms in total. The molecule has 4 N–H and O–H groups in total. The van der Waals surface area contributed by atoms with Crippen molar-refractivity contribution in [2.24, 2.45) is 0 Å². The number of carbonyl (C=O) groups is 2. The summed E-state index contributed by atoms with van der Waals surface area (Å²) >= 11 is 3.24. The quantitative estimate of drug-likeness (QED) is 0.107. The molecule has 2 aliphatic heterocycles. The fraction of sp³-hybridized carbons (Fsp3) is 0.250. The molecule has 0 fully saturated rings. The van der Waals surface area contributed by atoms with Crippen LogP contribution in [0, 0.1) is 0 Å². The summed E-state index contributed by atoms with van der Waals surface area (Å²) < 4.78 is 85.5. The number of alkyl halides is 6. The fourth-order valence-electron chi connectivity index (χ4n) is 4.16. The zero-order valence-corrected chi connectivity index (χ0v) is 28.2. The molecule has 0 bridgehead atoms. The van der Waals surface area contributed by atoms with Crippen LogP contribution in [0.1, 0.15) is 38.8 Å². The summed E-state index contributed by atoms with van der Waals surface area (Å²) in [6, 6.07) is 15.1. The van der Waals surface area contributed by atoms with E-state index in [9.17, 15) is 35.9 Å². The van der Waals surface area contributed by atoms with E-state index in [1.54, 1.807) is 52.0 Å². The van der Waals surface area contributed by atoms with E-state index in [-0.39, 0.29) is 23.2 Å². The standard InChI is InChI=1S/C16H13F3N2O2.C9H9BrN2O2.C7H6BF3O2/c1-15(2)14(22)21-12-8-7-11(20-13(12)23-15)9-3-5-10(6-4-9)16(17,18)19;1-9(2)8(13)11-5-3-4-6(10)12-7(5)14-9;9-7(10,11)5-1-3-6(4-2-5)8(12)13/h3-8H,1-2H3,(H,21,22);3-4H,1-2H3,(H,11,13);1-4,12-13H. The summed E-state index contributed by atoms with van der Waals surface area (Å²) in [5, 5.41) is 22.6. The first kappa shape index (κ1) is 38.1. The van der Waals surface area contributed by atoms with Crippen molar-refractivity contribution in [3.8, 4) is 23.0 Å². The van der Waals surface area contributed by atoms with Crippen molar-refractivity contribution in [1.29, 1.82) is 0 Å². The van der Waals surface area contributed by atoms with Crippen molar-refractivity contribution in [3.05, 3.63) is 88.5 Å². The van der Waals surface area contributed by atoms with Gasteiger partial charge in [0.2, 0.25) is 11.8 Å². The molecule has 2 amide bonds. The van der Waals surface area contributed by atoms with Crippen molar-refractivity contribution in [2.45, 2.75) is 51.2 Å². The van der Waals surface area contributed by atoms with Gasteiger partial charge in [-0.3, -0.25) is 9.59 Å². The SMILES string of the molecule is CC1(C)Oc2nc(-c3ccc(C(F)(F)F)cc3)ccc2NC1=O.CC1(C)Oc2nc(Br)ccc2NC1=O.OB(O)c1ccc(C(F)(F)F)cc1. The molecule has 0 atom stereocenters. The molecule has 0 spiro atoms. The number of pyridine rings is 2. The summed E-state index contributed by atoms with van der Waals surface area (Å²) in [5.74, 6) is 0.249. The van der Waals surface area contributed by atoms with Crippen LogP contribution >= 0.6 is 15.9 Å². The maximum atomic E-state index is 12.6. The average Bonchev–Trinajstić information content (AvgIpc) is 3.02. The van der Waals surface area contributed by atoms with Gasteiger partial charge in [-0.15, -0.1) is 0 Å². The highest BCUT2D eigenvalue weighted by atomic mass is 79.9. The summed E-state index contributed by atoms with van der Waals surface area (Å²) in [4.78, 5) is 31.7. The summed E-state index contributed by atoms with van der Waals surface area (Å²) in [7, 11) is -1.73. The third kappa shape index (κ3) is 9.31. The maximum absolute atomic E-state index is 12.6. The Morgan fingerprint density at radius 2 is 1.08 bits per heavy atom. The number of fused-ring (bicyclic) bond motifs is 2. The Balaban J connectivity index is 0.000000180. The Morgan fingerprint density at radius 1 is 0.660 bits per heavy atom. The second-order valence-corrected chi connectivity index (χ2v) is 12.5. The highest BCUT2D eigenvalue weighted by Crippen LogP contribution is 2.36. The van der Waals surface area contributed by atoms with Crippen molar-refractivity contribution in [2.75, 3.05) is 10.6 Å². The van der Waals surface area contributed by atoms with Crippen LogP contribution < -0.4 is 25.6 Å². The van der Waals surface area contributed by atoms with Crippen LogP contribution in [0.25, 0.3) is 11.3 Å². The molecule has 4 heterocycles. The van der Waals surface area contributed by atoms with Crippen LogP contribution in [0.4, 0.5) is 37.7 Å². The number of carbonyl (C=O) groups excluding carboxylic acids is 2. The van der Waals surface area contributed by atoms with Crippen LogP contribution in [0.15, 0.2) is 77.4 Å². The Kier molecular flexibility index (Phi) is 10.9. The van der Waals surface area contributed by atoms with Gasteiger partial charge in [0.1, 0.15) is 16.0 Å². The average molecular weight is 769 g/mol. The van der Waals surface area contributed by atoms with Gasteiger partial charge in [0.05, 0.1) is 16.8 Å². The minimum atomic E-state index is -4.39. The van der Waals surface area contributed by atoms with Crippen molar-refractivity contribution in [1.82, 2.24) is 9.97 Å². The predicted molar refractivity (Wildman–Crippen MR) is 175 cm³/mol. The molecule has 18 heteroatoms. The number of aromatic nitrogens is 2. The highest BCUT2D eigenvalue weighted by Gasteiger charge is 2.37. The number of hydrogen-bond donors (Lipinski definition) is 4. The molecule has 2 aliphatic rings. The van der Waals surface area contributed by atoms with Crippen LogP contribution in [0.2, 0.25) is 0 Å². The highest BCUT2D eigenvalue weighted by molar-refractivity contribution is 9.10. The van der Waals surface area contributed by atoms with Crippen LogP contribution in [-0.2, 0) is 21.9 Å². The number of nitrogens with one attached hydrogen (secondary N) is 2. The monoisotopic (exact) mass is 768 g/mol. The zero-order chi connectivity index (χ0) is 37.2. The molecule has 0 saturated carbocycles. The first-order valence-electron chi connectivity index (χ1n) is 14.5. The van der Waals surface area contributed by atoms with E-state index in [0.717, 1.165) is 36.4 Å². The normalized spacial score (nSPS) is 15.5. The largest absolute Gasteiger partial charge is 0.488 e. The lowest BCUT2D eigenvalue weighted by molar-refractivity contribution is -0.138. The number of ether oxygens (including phenoxy) is 2. The predicted octanol–water partition coefficient (Wildman–Crippen LogP) is 6.22.